The summed E-state index contributed by atoms with van der Waals surface area (Å²) in [6, 6.07) is 23.5. The zero-order valence-electron chi connectivity index (χ0n) is 16.3. The van der Waals surface area contributed by atoms with E-state index in [0.717, 1.165) is 29.0 Å². The molecule has 1 amide bonds. The van der Waals surface area contributed by atoms with E-state index >= 15 is 0 Å². The number of para-hydroxylation sites is 1. The van der Waals surface area contributed by atoms with E-state index in [4.69, 9.17) is 9.47 Å². The van der Waals surface area contributed by atoms with Crippen molar-refractivity contribution in [3.63, 3.8) is 0 Å². The van der Waals surface area contributed by atoms with E-state index in [1.54, 1.807) is 0 Å². The maximum atomic E-state index is 12.2. The maximum absolute atomic E-state index is 12.2. The van der Waals surface area contributed by atoms with Crippen molar-refractivity contribution in [2.75, 3.05) is 18.5 Å². The minimum atomic E-state index is -0.205. The molecule has 0 radical (unpaired) electrons. The summed E-state index contributed by atoms with van der Waals surface area (Å²) in [7, 11) is 0. The molecule has 0 unspecified atom stereocenters. The summed E-state index contributed by atoms with van der Waals surface area (Å²) in [5, 5.41) is 2.86. The number of benzene rings is 3. The maximum Gasteiger partial charge on any atom is 0.262 e. The van der Waals surface area contributed by atoms with E-state index in [1.165, 1.54) is 5.56 Å². The molecular formula is C24H25NO3. The minimum absolute atomic E-state index is 0.0369. The van der Waals surface area contributed by atoms with Crippen molar-refractivity contribution in [1.29, 1.82) is 0 Å². The Balaban J connectivity index is 1.50. The molecule has 3 rings (SSSR count). The smallest absolute Gasteiger partial charge is 0.262 e. The number of ether oxygens (including phenoxy) is 2. The highest BCUT2D eigenvalue weighted by atomic mass is 16.5. The van der Waals surface area contributed by atoms with Gasteiger partial charge in [0.1, 0.15) is 11.5 Å². The summed E-state index contributed by atoms with van der Waals surface area (Å²) in [5.41, 5.74) is 3.95. The van der Waals surface area contributed by atoms with Crippen LogP contribution >= 0.6 is 0 Å². The second-order valence-corrected chi connectivity index (χ2v) is 6.67. The van der Waals surface area contributed by atoms with Gasteiger partial charge in [0.15, 0.2) is 6.61 Å². The average molecular weight is 375 g/mol. The first-order chi connectivity index (χ1) is 13.6. The zero-order chi connectivity index (χ0) is 19.8. The Hall–Kier alpha value is -3.27. The zero-order valence-corrected chi connectivity index (χ0v) is 16.3. The standard InChI is InChI=1S/C24H25NO3/c1-18-8-6-9-19(2)24(18)28-17-23(26)25-21-12-7-13-22(16-21)27-15-14-20-10-4-3-5-11-20/h3-13,16H,14-15,17H2,1-2H3,(H,25,26). The third-order valence-electron chi connectivity index (χ3n) is 4.38. The molecule has 0 spiro atoms. The summed E-state index contributed by atoms with van der Waals surface area (Å²) >= 11 is 0. The normalized spacial score (nSPS) is 10.4. The number of carbonyl (C=O) groups is 1. The largest absolute Gasteiger partial charge is 0.493 e. The van der Waals surface area contributed by atoms with Crippen molar-refractivity contribution < 1.29 is 14.3 Å². The van der Waals surface area contributed by atoms with Crippen LogP contribution in [0.1, 0.15) is 16.7 Å². The summed E-state index contributed by atoms with van der Waals surface area (Å²) in [6.07, 6.45) is 0.834. The highest BCUT2D eigenvalue weighted by molar-refractivity contribution is 5.92. The number of anilines is 1. The molecule has 0 aliphatic rings. The van der Waals surface area contributed by atoms with Crippen LogP contribution in [0.4, 0.5) is 5.69 Å². The third-order valence-corrected chi connectivity index (χ3v) is 4.38. The fraction of sp³-hybridized carbons (Fsp3) is 0.208. The van der Waals surface area contributed by atoms with Crippen LogP contribution in [0.25, 0.3) is 0 Å². The van der Waals surface area contributed by atoms with Crippen molar-refractivity contribution in [2.24, 2.45) is 0 Å². The quantitative estimate of drug-likeness (QED) is 0.606. The molecular weight excluding hydrogens is 350 g/mol. The number of rotatable bonds is 8. The predicted octanol–water partition coefficient (Wildman–Crippen LogP) is 4.94. The lowest BCUT2D eigenvalue weighted by molar-refractivity contribution is -0.118. The Bertz CT molecular complexity index is 902. The summed E-state index contributed by atoms with van der Waals surface area (Å²) in [5.74, 6) is 1.28. The first-order valence-electron chi connectivity index (χ1n) is 9.37. The highest BCUT2D eigenvalue weighted by Crippen LogP contribution is 2.22. The molecule has 28 heavy (non-hydrogen) atoms. The number of hydrogen-bond donors (Lipinski definition) is 1. The molecule has 0 aliphatic carbocycles. The number of aryl methyl sites for hydroxylation is 2. The van der Waals surface area contributed by atoms with E-state index in [-0.39, 0.29) is 12.5 Å². The molecule has 1 N–H and O–H groups in total. The third kappa shape index (κ3) is 5.61. The van der Waals surface area contributed by atoms with Gasteiger partial charge in [0.05, 0.1) is 6.61 Å². The van der Waals surface area contributed by atoms with Crippen LogP contribution in [0, 0.1) is 13.8 Å². The summed E-state index contributed by atoms with van der Waals surface area (Å²) in [4.78, 5) is 12.2. The lowest BCUT2D eigenvalue weighted by Gasteiger charge is -2.12. The molecule has 0 saturated heterocycles. The molecule has 3 aromatic carbocycles. The van der Waals surface area contributed by atoms with E-state index in [0.29, 0.717) is 12.3 Å². The first-order valence-corrected chi connectivity index (χ1v) is 9.37. The van der Waals surface area contributed by atoms with Crippen molar-refractivity contribution in [3.05, 3.63) is 89.5 Å². The van der Waals surface area contributed by atoms with Crippen molar-refractivity contribution >= 4 is 11.6 Å². The van der Waals surface area contributed by atoms with E-state index in [2.05, 4.69) is 17.4 Å². The molecule has 0 aliphatic heterocycles. The van der Waals surface area contributed by atoms with Crippen LogP contribution in [0.5, 0.6) is 11.5 Å². The van der Waals surface area contributed by atoms with Gasteiger partial charge < -0.3 is 14.8 Å². The van der Waals surface area contributed by atoms with Crippen molar-refractivity contribution in [3.8, 4) is 11.5 Å². The van der Waals surface area contributed by atoms with Crippen LogP contribution in [-0.2, 0) is 11.2 Å². The minimum Gasteiger partial charge on any atom is -0.493 e. The van der Waals surface area contributed by atoms with E-state index < -0.39 is 0 Å². The Morgan fingerprint density at radius 1 is 0.857 bits per heavy atom. The van der Waals surface area contributed by atoms with Crippen LogP contribution in [-0.4, -0.2) is 19.1 Å². The van der Waals surface area contributed by atoms with Gasteiger partial charge >= 0.3 is 0 Å². The van der Waals surface area contributed by atoms with Gasteiger partial charge in [0, 0.05) is 18.2 Å². The van der Waals surface area contributed by atoms with Crippen molar-refractivity contribution in [1.82, 2.24) is 0 Å². The molecule has 0 atom stereocenters. The second-order valence-electron chi connectivity index (χ2n) is 6.67. The molecule has 0 heterocycles. The monoisotopic (exact) mass is 375 g/mol. The average Bonchev–Trinajstić information content (AvgIpc) is 2.69. The number of hydrogen-bond acceptors (Lipinski definition) is 3. The molecule has 144 valence electrons. The fourth-order valence-corrected chi connectivity index (χ4v) is 2.96. The molecule has 0 fully saturated rings. The summed E-state index contributed by atoms with van der Waals surface area (Å²) in [6.45, 7) is 4.48. The molecule has 0 aromatic heterocycles. The summed E-state index contributed by atoms with van der Waals surface area (Å²) < 4.78 is 11.5. The number of nitrogens with one attached hydrogen (secondary N) is 1. The van der Waals surface area contributed by atoms with Gasteiger partial charge in [0.2, 0.25) is 0 Å². The molecule has 4 nitrogen and oxygen atoms in total. The lowest BCUT2D eigenvalue weighted by atomic mass is 10.1. The molecule has 4 heteroatoms. The Morgan fingerprint density at radius 2 is 1.57 bits per heavy atom. The van der Waals surface area contributed by atoms with Gasteiger partial charge in [-0.15, -0.1) is 0 Å². The first kappa shape index (κ1) is 19.5. The van der Waals surface area contributed by atoms with Gasteiger partial charge in [-0.25, -0.2) is 0 Å². The van der Waals surface area contributed by atoms with Crippen molar-refractivity contribution in [2.45, 2.75) is 20.3 Å². The van der Waals surface area contributed by atoms with Crippen LogP contribution in [0.3, 0.4) is 0 Å². The molecule has 3 aromatic rings. The lowest BCUT2D eigenvalue weighted by Crippen LogP contribution is -2.20. The topological polar surface area (TPSA) is 47.6 Å². The van der Waals surface area contributed by atoms with Crippen LogP contribution in [0.2, 0.25) is 0 Å². The van der Waals surface area contributed by atoms with Crippen LogP contribution < -0.4 is 14.8 Å². The fourth-order valence-electron chi connectivity index (χ4n) is 2.96. The highest BCUT2D eigenvalue weighted by Gasteiger charge is 2.08. The van der Waals surface area contributed by atoms with Gasteiger partial charge in [-0.05, 0) is 42.7 Å². The Morgan fingerprint density at radius 3 is 2.32 bits per heavy atom. The van der Waals surface area contributed by atoms with Crippen LogP contribution in [0.15, 0.2) is 72.8 Å². The molecule has 0 bridgehead atoms. The van der Waals surface area contributed by atoms with Gasteiger partial charge in [-0.3, -0.25) is 4.79 Å². The molecule has 0 saturated carbocycles. The van der Waals surface area contributed by atoms with E-state index in [1.807, 2.05) is 74.5 Å². The number of carbonyl (C=O) groups excluding carboxylic acids is 1. The Labute approximate surface area is 166 Å². The second kappa shape index (κ2) is 9.60. The van der Waals surface area contributed by atoms with Gasteiger partial charge in [0.25, 0.3) is 5.91 Å². The van der Waals surface area contributed by atoms with Gasteiger partial charge in [-0.1, -0.05) is 54.6 Å². The Kier molecular flexibility index (Phi) is 6.68. The number of amides is 1. The predicted molar refractivity (Wildman–Crippen MR) is 112 cm³/mol. The SMILES string of the molecule is Cc1cccc(C)c1OCC(=O)Nc1cccc(OCCc2ccccc2)c1. The van der Waals surface area contributed by atoms with E-state index in [9.17, 15) is 4.79 Å². The van der Waals surface area contributed by atoms with Gasteiger partial charge in [-0.2, -0.15) is 0 Å².